The van der Waals surface area contributed by atoms with Crippen molar-refractivity contribution in [2.45, 2.75) is 0 Å². The Bertz CT molecular complexity index is 1140. The largest absolute Gasteiger partial charge is 0.443 e. The van der Waals surface area contributed by atoms with Gasteiger partial charge in [0.05, 0.1) is 0 Å². The van der Waals surface area contributed by atoms with Crippen molar-refractivity contribution >= 4 is 43.4 Å². The molecule has 5 rings (SSSR count). The molecule has 0 saturated carbocycles. The molecule has 98 valence electrons. The Morgan fingerprint density at radius 2 is 1.33 bits per heavy atom. The third-order valence-electron chi connectivity index (χ3n) is 4.22. The van der Waals surface area contributed by atoms with Crippen LogP contribution in [0.5, 0.6) is 0 Å². The van der Waals surface area contributed by atoms with Gasteiger partial charge in [0, 0.05) is 5.39 Å². The molecule has 0 fully saturated rings. The Kier molecular flexibility index (Phi) is 1.98. The highest BCUT2D eigenvalue weighted by molar-refractivity contribution is 6.20. The second-order valence-corrected chi connectivity index (χ2v) is 5.31. The molecule has 0 unspecified atom stereocenters. The standard InChI is InChI=1S/C19H11NO/c1-2-4-13-12(3-1)5-6-15-14(13)7-8-17-16(15)9-10-18-19(17)21-11-20-18/h1-11H. The van der Waals surface area contributed by atoms with E-state index in [4.69, 9.17) is 4.42 Å². The van der Waals surface area contributed by atoms with Crippen LogP contribution in [0.1, 0.15) is 0 Å². The molecule has 0 N–H and O–H groups in total. The summed E-state index contributed by atoms with van der Waals surface area (Å²) in [7, 11) is 0. The summed E-state index contributed by atoms with van der Waals surface area (Å²) in [6.07, 6.45) is 1.51. The van der Waals surface area contributed by atoms with Gasteiger partial charge in [-0.15, -0.1) is 0 Å². The Labute approximate surface area is 120 Å². The fourth-order valence-corrected chi connectivity index (χ4v) is 3.23. The summed E-state index contributed by atoms with van der Waals surface area (Å²) in [5, 5.41) is 7.42. The predicted octanol–water partition coefficient (Wildman–Crippen LogP) is 5.29. The van der Waals surface area contributed by atoms with Crippen molar-refractivity contribution in [2.75, 3.05) is 0 Å². The molecule has 0 saturated heterocycles. The minimum atomic E-state index is 0.863. The van der Waals surface area contributed by atoms with Crippen LogP contribution in [0.25, 0.3) is 43.4 Å². The van der Waals surface area contributed by atoms with Crippen LogP contribution < -0.4 is 0 Å². The van der Waals surface area contributed by atoms with E-state index in [1.54, 1.807) is 0 Å². The lowest BCUT2D eigenvalue weighted by molar-refractivity contribution is 0.605. The lowest BCUT2D eigenvalue weighted by Gasteiger charge is -2.07. The zero-order chi connectivity index (χ0) is 13.8. The normalized spacial score (nSPS) is 11.8. The van der Waals surface area contributed by atoms with E-state index in [1.807, 2.05) is 6.07 Å². The van der Waals surface area contributed by atoms with Crippen LogP contribution in [0.2, 0.25) is 0 Å². The first-order valence-electron chi connectivity index (χ1n) is 6.98. The molecule has 0 amide bonds. The van der Waals surface area contributed by atoms with Gasteiger partial charge >= 0.3 is 0 Å². The van der Waals surface area contributed by atoms with E-state index >= 15 is 0 Å². The molecule has 1 heterocycles. The maximum absolute atomic E-state index is 5.56. The third kappa shape index (κ3) is 1.39. The van der Waals surface area contributed by atoms with Crippen LogP contribution in [0, 0.1) is 0 Å². The van der Waals surface area contributed by atoms with Gasteiger partial charge in [0.2, 0.25) is 0 Å². The van der Waals surface area contributed by atoms with E-state index < -0.39 is 0 Å². The van der Waals surface area contributed by atoms with Crippen LogP contribution in [0.3, 0.4) is 0 Å². The molecule has 2 heteroatoms. The van der Waals surface area contributed by atoms with Crippen molar-refractivity contribution in [1.82, 2.24) is 4.98 Å². The molecule has 21 heavy (non-hydrogen) atoms. The summed E-state index contributed by atoms with van der Waals surface area (Å²) in [5.41, 5.74) is 1.77. The van der Waals surface area contributed by atoms with Crippen molar-refractivity contribution < 1.29 is 4.42 Å². The Balaban J connectivity index is 2.07. The van der Waals surface area contributed by atoms with E-state index in [9.17, 15) is 0 Å². The molecule has 0 bridgehead atoms. The van der Waals surface area contributed by atoms with Crippen molar-refractivity contribution in [3.63, 3.8) is 0 Å². The average molecular weight is 269 g/mol. The summed E-state index contributed by atoms with van der Waals surface area (Å²) in [4.78, 5) is 4.23. The summed E-state index contributed by atoms with van der Waals surface area (Å²) in [6.45, 7) is 0. The lowest BCUT2D eigenvalue weighted by Crippen LogP contribution is -1.81. The molecule has 1 aromatic heterocycles. The molecular weight excluding hydrogens is 258 g/mol. The van der Waals surface area contributed by atoms with E-state index in [0.29, 0.717) is 0 Å². The number of rotatable bonds is 0. The summed E-state index contributed by atoms with van der Waals surface area (Å²) >= 11 is 0. The molecule has 0 atom stereocenters. The van der Waals surface area contributed by atoms with Gasteiger partial charge in [-0.1, -0.05) is 48.5 Å². The smallest absolute Gasteiger partial charge is 0.182 e. The number of oxazole rings is 1. The van der Waals surface area contributed by atoms with Gasteiger partial charge in [0.1, 0.15) is 5.52 Å². The second kappa shape index (κ2) is 3.83. The molecule has 5 aromatic rings. The van der Waals surface area contributed by atoms with Crippen LogP contribution in [0.15, 0.2) is 71.5 Å². The molecule has 2 nitrogen and oxygen atoms in total. The second-order valence-electron chi connectivity index (χ2n) is 5.31. The van der Waals surface area contributed by atoms with E-state index in [-0.39, 0.29) is 0 Å². The maximum Gasteiger partial charge on any atom is 0.182 e. The first-order chi connectivity index (χ1) is 10.4. The molecule has 0 radical (unpaired) electrons. The fraction of sp³-hybridized carbons (Fsp3) is 0. The zero-order valence-electron chi connectivity index (χ0n) is 11.2. The van der Waals surface area contributed by atoms with E-state index in [1.165, 1.54) is 33.3 Å². The maximum atomic E-state index is 5.56. The molecular formula is C19H11NO. The number of hydrogen-bond donors (Lipinski definition) is 0. The van der Waals surface area contributed by atoms with Crippen LogP contribution in [0.4, 0.5) is 0 Å². The first kappa shape index (κ1) is 10.9. The molecule has 4 aromatic carbocycles. The van der Waals surface area contributed by atoms with Crippen molar-refractivity contribution in [1.29, 1.82) is 0 Å². The van der Waals surface area contributed by atoms with Gasteiger partial charge in [0.15, 0.2) is 12.0 Å². The Hall–Kier alpha value is -2.87. The number of aromatic nitrogens is 1. The Morgan fingerprint density at radius 3 is 2.33 bits per heavy atom. The van der Waals surface area contributed by atoms with Gasteiger partial charge in [-0.05, 0) is 39.1 Å². The van der Waals surface area contributed by atoms with Crippen LogP contribution in [-0.2, 0) is 0 Å². The monoisotopic (exact) mass is 269 g/mol. The Morgan fingerprint density at radius 1 is 0.619 bits per heavy atom. The summed E-state index contributed by atoms with van der Waals surface area (Å²) in [6, 6.07) is 21.4. The highest BCUT2D eigenvalue weighted by Crippen LogP contribution is 2.34. The lowest BCUT2D eigenvalue weighted by atomic mass is 9.97. The van der Waals surface area contributed by atoms with Gasteiger partial charge in [-0.3, -0.25) is 0 Å². The van der Waals surface area contributed by atoms with Gasteiger partial charge in [-0.25, -0.2) is 4.98 Å². The first-order valence-corrected chi connectivity index (χ1v) is 6.98. The van der Waals surface area contributed by atoms with E-state index in [2.05, 4.69) is 59.6 Å². The predicted molar refractivity (Wildman–Crippen MR) is 86.5 cm³/mol. The molecule has 0 aliphatic heterocycles. The van der Waals surface area contributed by atoms with Crippen LogP contribution in [-0.4, -0.2) is 4.98 Å². The number of nitrogens with zero attached hydrogens (tertiary/aromatic N) is 1. The van der Waals surface area contributed by atoms with Crippen LogP contribution >= 0.6 is 0 Å². The van der Waals surface area contributed by atoms with Crippen molar-refractivity contribution in [2.24, 2.45) is 0 Å². The molecule has 0 aliphatic rings. The number of benzene rings is 4. The topological polar surface area (TPSA) is 26.0 Å². The van der Waals surface area contributed by atoms with Gasteiger partial charge < -0.3 is 4.42 Å². The minimum absolute atomic E-state index is 0.863. The molecule has 0 spiro atoms. The number of fused-ring (bicyclic) bond motifs is 7. The fourth-order valence-electron chi connectivity index (χ4n) is 3.23. The minimum Gasteiger partial charge on any atom is -0.443 e. The van der Waals surface area contributed by atoms with Crippen molar-refractivity contribution in [3.05, 3.63) is 67.1 Å². The highest BCUT2D eigenvalue weighted by Gasteiger charge is 2.09. The quantitative estimate of drug-likeness (QED) is 0.357. The third-order valence-corrected chi connectivity index (χ3v) is 4.22. The van der Waals surface area contributed by atoms with Crippen molar-refractivity contribution in [3.8, 4) is 0 Å². The average Bonchev–Trinajstić information content (AvgIpc) is 3.03. The number of hydrogen-bond acceptors (Lipinski definition) is 2. The highest BCUT2D eigenvalue weighted by atomic mass is 16.3. The van der Waals surface area contributed by atoms with E-state index in [0.717, 1.165) is 16.5 Å². The SMILES string of the molecule is c1ccc2c(c1)ccc1c2ccc2c1ccc1ncoc12. The van der Waals surface area contributed by atoms with Gasteiger partial charge in [0.25, 0.3) is 0 Å². The molecule has 0 aliphatic carbocycles. The zero-order valence-corrected chi connectivity index (χ0v) is 11.2. The summed E-state index contributed by atoms with van der Waals surface area (Å²) < 4.78 is 5.56. The van der Waals surface area contributed by atoms with Gasteiger partial charge in [-0.2, -0.15) is 0 Å². The summed E-state index contributed by atoms with van der Waals surface area (Å²) in [5.74, 6) is 0.